The Morgan fingerprint density at radius 1 is 1.21 bits per heavy atom. The Morgan fingerprint density at radius 3 is 2.68 bits per heavy atom. The van der Waals surface area contributed by atoms with Gasteiger partial charge in [0.2, 0.25) is 0 Å². The van der Waals surface area contributed by atoms with Crippen molar-refractivity contribution in [2.75, 3.05) is 25.4 Å². The summed E-state index contributed by atoms with van der Waals surface area (Å²) in [5, 5.41) is 13.8. The normalized spacial score (nSPS) is 10.2. The van der Waals surface area contributed by atoms with Crippen LogP contribution in [0.5, 0.6) is 0 Å². The molecule has 1 aromatic carbocycles. The number of nitrogens with one attached hydrogen (secondary N) is 2. The van der Waals surface area contributed by atoms with Crippen molar-refractivity contribution in [1.29, 1.82) is 0 Å². The van der Waals surface area contributed by atoms with E-state index in [0.29, 0.717) is 13.1 Å². The number of carbonyl (C=O) groups excluding carboxylic acids is 1. The number of rotatable bonds is 8. The van der Waals surface area contributed by atoms with Gasteiger partial charge in [-0.1, -0.05) is 12.1 Å². The van der Waals surface area contributed by atoms with E-state index in [4.69, 9.17) is 5.11 Å². The van der Waals surface area contributed by atoms with Gasteiger partial charge in [-0.2, -0.15) is 0 Å². The number of halogens is 1. The lowest BCUT2D eigenvalue weighted by Gasteiger charge is -2.06. The third-order valence-electron chi connectivity index (χ3n) is 2.35. The number of benzene rings is 1. The highest BCUT2D eigenvalue weighted by molar-refractivity contribution is 9.10. The molecule has 0 saturated heterocycles. The van der Waals surface area contributed by atoms with Crippen molar-refractivity contribution in [3.63, 3.8) is 0 Å². The Labute approximate surface area is 126 Å². The van der Waals surface area contributed by atoms with Gasteiger partial charge in [-0.3, -0.25) is 0 Å². The van der Waals surface area contributed by atoms with Crippen LogP contribution in [0.15, 0.2) is 33.6 Å². The van der Waals surface area contributed by atoms with E-state index in [1.807, 2.05) is 30.0 Å². The highest BCUT2D eigenvalue weighted by Gasteiger charge is 2.00. The molecule has 2 amide bonds. The van der Waals surface area contributed by atoms with Crippen LogP contribution in [0.1, 0.15) is 12.8 Å². The molecule has 0 aliphatic heterocycles. The van der Waals surface area contributed by atoms with E-state index in [2.05, 4.69) is 32.6 Å². The number of urea groups is 1. The van der Waals surface area contributed by atoms with Gasteiger partial charge in [0, 0.05) is 22.5 Å². The molecule has 0 atom stereocenters. The van der Waals surface area contributed by atoms with Crippen molar-refractivity contribution in [3.8, 4) is 0 Å². The highest BCUT2D eigenvalue weighted by Crippen LogP contribution is 2.27. The van der Waals surface area contributed by atoms with Crippen LogP contribution in [0, 0.1) is 0 Å². The molecule has 0 aliphatic carbocycles. The van der Waals surface area contributed by atoms with E-state index in [9.17, 15) is 4.79 Å². The average molecular weight is 347 g/mol. The van der Waals surface area contributed by atoms with Gasteiger partial charge in [-0.05, 0) is 46.7 Å². The van der Waals surface area contributed by atoms with Crippen LogP contribution in [0.3, 0.4) is 0 Å². The van der Waals surface area contributed by atoms with E-state index < -0.39 is 0 Å². The monoisotopic (exact) mass is 346 g/mol. The number of hydrogen-bond donors (Lipinski definition) is 3. The van der Waals surface area contributed by atoms with Crippen molar-refractivity contribution in [1.82, 2.24) is 10.6 Å². The quantitative estimate of drug-likeness (QED) is 0.500. The number of thioether (sulfide) groups is 1. The summed E-state index contributed by atoms with van der Waals surface area (Å²) in [4.78, 5) is 12.4. The molecule has 1 rings (SSSR count). The predicted octanol–water partition coefficient (Wildman–Crippen LogP) is 2.61. The smallest absolute Gasteiger partial charge is 0.314 e. The van der Waals surface area contributed by atoms with Gasteiger partial charge in [0.05, 0.1) is 6.61 Å². The first-order chi connectivity index (χ1) is 9.24. The van der Waals surface area contributed by atoms with Crippen LogP contribution in [-0.2, 0) is 0 Å². The lowest BCUT2D eigenvalue weighted by Crippen LogP contribution is -2.37. The van der Waals surface area contributed by atoms with Gasteiger partial charge in [0.25, 0.3) is 0 Å². The van der Waals surface area contributed by atoms with E-state index in [1.54, 1.807) is 0 Å². The number of amides is 2. The zero-order valence-electron chi connectivity index (χ0n) is 10.7. The first-order valence-corrected chi connectivity index (χ1v) is 8.02. The molecule has 106 valence electrons. The molecule has 0 aromatic heterocycles. The van der Waals surface area contributed by atoms with Crippen molar-refractivity contribution in [3.05, 3.63) is 28.7 Å². The minimum Gasteiger partial charge on any atom is -0.395 e. The lowest BCUT2D eigenvalue weighted by molar-refractivity contribution is 0.234. The van der Waals surface area contributed by atoms with Crippen molar-refractivity contribution >= 4 is 33.7 Å². The molecular weight excluding hydrogens is 328 g/mol. The minimum absolute atomic E-state index is 0.0317. The molecule has 0 fully saturated rings. The fourth-order valence-corrected chi connectivity index (χ4v) is 2.98. The van der Waals surface area contributed by atoms with E-state index in [1.165, 1.54) is 4.90 Å². The molecule has 0 unspecified atom stereocenters. The zero-order valence-corrected chi connectivity index (χ0v) is 13.1. The first-order valence-electron chi connectivity index (χ1n) is 6.24. The summed E-state index contributed by atoms with van der Waals surface area (Å²) in [6.07, 6.45) is 2.00. The second kappa shape index (κ2) is 10.1. The molecule has 0 heterocycles. The summed E-state index contributed by atoms with van der Waals surface area (Å²) in [5.74, 6) is 1.03. The Morgan fingerprint density at radius 2 is 1.95 bits per heavy atom. The molecular formula is C13H19BrN2O2S. The minimum atomic E-state index is -0.215. The summed E-state index contributed by atoms with van der Waals surface area (Å²) >= 11 is 5.33. The fraction of sp³-hybridized carbons (Fsp3) is 0.462. The largest absolute Gasteiger partial charge is 0.395 e. The zero-order chi connectivity index (χ0) is 13.9. The van der Waals surface area contributed by atoms with Gasteiger partial charge in [0.1, 0.15) is 0 Å². The first kappa shape index (κ1) is 16.3. The Hall–Kier alpha value is -0.720. The summed E-state index contributed by atoms with van der Waals surface area (Å²) in [7, 11) is 0. The van der Waals surface area contributed by atoms with Crippen LogP contribution < -0.4 is 10.6 Å². The maximum atomic E-state index is 11.2. The van der Waals surface area contributed by atoms with Crippen LogP contribution in [0.4, 0.5) is 4.79 Å². The molecule has 0 aliphatic rings. The van der Waals surface area contributed by atoms with Crippen LogP contribution >= 0.6 is 27.7 Å². The summed E-state index contributed by atoms with van der Waals surface area (Å²) in [6.45, 7) is 0.924. The van der Waals surface area contributed by atoms with Crippen molar-refractivity contribution in [2.45, 2.75) is 17.7 Å². The molecule has 0 saturated carbocycles. The number of carbonyl (C=O) groups is 1. The van der Waals surface area contributed by atoms with Crippen LogP contribution in [0.25, 0.3) is 0 Å². The van der Waals surface area contributed by atoms with Gasteiger partial charge in [0.15, 0.2) is 0 Å². The van der Waals surface area contributed by atoms with Gasteiger partial charge < -0.3 is 15.7 Å². The standard InChI is InChI=1S/C13H19BrN2O2S/c14-11-5-1-2-6-12(11)19-10-4-3-7-15-13(18)16-8-9-17/h1-2,5-6,17H,3-4,7-10H2,(H2,15,16,18). The predicted molar refractivity (Wildman–Crippen MR) is 82.6 cm³/mol. The highest BCUT2D eigenvalue weighted by atomic mass is 79.9. The van der Waals surface area contributed by atoms with Crippen molar-refractivity contribution < 1.29 is 9.90 Å². The number of unbranched alkanes of at least 4 members (excludes halogenated alkanes) is 1. The van der Waals surface area contributed by atoms with Gasteiger partial charge in [-0.15, -0.1) is 11.8 Å². The third kappa shape index (κ3) is 7.44. The average Bonchev–Trinajstić information content (AvgIpc) is 2.42. The Bertz CT molecular complexity index is 391. The van der Waals surface area contributed by atoms with E-state index in [0.717, 1.165) is 23.1 Å². The van der Waals surface area contributed by atoms with Gasteiger partial charge >= 0.3 is 6.03 Å². The molecule has 4 nitrogen and oxygen atoms in total. The molecule has 0 bridgehead atoms. The topological polar surface area (TPSA) is 61.4 Å². The lowest BCUT2D eigenvalue weighted by atomic mass is 10.3. The van der Waals surface area contributed by atoms with Crippen LogP contribution in [0.2, 0.25) is 0 Å². The summed E-state index contributed by atoms with van der Waals surface area (Å²) in [5.41, 5.74) is 0. The third-order valence-corrected chi connectivity index (χ3v) is 4.46. The van der Waals surface area contributed by atoms with E-state index in [-0.39, 0.29) is 12.6 Å². The van der Waals surface area contributed by atoms with Crippen molar-refractivity contribution in [2.24, 2.45) is 0 Å². The Kier molecular flexibility index (Phi) is 8.69. The van der Waals surface area contributed by atoms with E-state index >= 15 is 0 Å². The second-order valence-corrected chi connectivity index (χ2v) is 5.88. The Balaban J connectivity index is 2.03. The molecule has 0 spiro atoms. The molecule has 6 heteroatoms. The number of aliphatic hydroxyl groups excluding tert-OH is 1. The van der Waals surface area contributed by atoms with Crippen LogP contribution in [-0.4, -0.2) is 36.6 Å². The van der Waals surface area contributed by atoms with Gasteiger partial charge in [-0.25, -0.2) is 4.79 Å². The maximum Gasteiger partial charge on any atom is 0.314 e. The second-order valence-electron chi connectivity index (χ2n) is 3.89. The molecule has 3 N–H and O–H groups in total. The summed E-state index contributed by atoms with van der Waals surface area (Å²) in [6, 6.07) is 7.95. The SMILES string of the molecule is O=C(NCCO)NCCCCSc1ccccc1Br. The molecule has 19 heavy (non-hydrogen) atoms. The number of hydrogen-bond acceptors (Lipinski definition) is 3. The fourth-order valence-electron chi connectivity index (χ4n) is 1.40. The molecule has 0 radical (unpaired) electrons. The summed E-state index contributed by atoms with van der Waals surface area (Å²) < 4.78 is 1.13. The number of aliphatic hydroxyl groups is 1. The molecule has 1 aromatic rings. The maximum absolute atomic E-state index is 11.2.